The van der Waals surface area contributed by atoms with Crippen molar-refractivity contribution >= 4 is 23.3 Å². The Labute approximate surface area is 88.9 Å². The van der Waals surface area contributed by atoms with E-state index >= 15 is 0 Å². The largest absolute Gasteiger partial charge is 0.361 e. The predicted molar refractivity (Wildman–Crippen MR) is 58.5 cm³/mol. The summed E-state index contributed by atoms with van der Waals surface area (Å²) >= 11 is 1.74. The van der Waals surface area contributed by atoms with Crippen molar-refractivity contribution < 1.29 is 9.58 Å². The van der Waals surface area contributed by atoms with E-state index in [2.05, 4.69) is 4.79 Å². The third-order valence-corrected chi connectivity index (χ3v) is 4.35. The van der Waals surface area contributed by atoms with Crippen LogP contribution in [-0.4, -0.2) is 27.8 Å². The number of rotatable bonds is 0. The van der Waals surface area contributed by atoms with Gasteiger partial charge < -0.3 is 5.53 Å². The van der Waals surface area contributed by atoms with Crippen LogP contribution in [0.4, 0.5) is 0 Å². The SMILES string of the molecule is CC1(C)CSCC(C)(C)C(=[N+]=[N-])C1=O. The van der Waals surface area contributed by atoms with E-state index in [9.17, 15) is 4.79 Å². The summed E-state index contributed by atoms with van der Waals surface area (Å²) in [4.78, 5) is 15.2. The van der Waals surface area contributed by atoms with Gasteiger partial charge in [0.2, 0.25) is 5.78 Å². The highest BCUT2D eigenvalue weighted by Gasteiger charge is 2.47. The van der Waals surface area contributed by atoms with Crippen LogP contribution < -0.4 is 0 Å². The molecule has 0 aromatic carbocycles. The molecule has 0 unspecified atom stereocenters. The Morgan fingerprint density at radius 3 is 2.21 bits per heavy atom. The van der Waals surface area contributed by atoms with E-state index in [-0.39, 0.29) is 11.2 Å². The second-order valence-corrected chi connectivity index (χ2v) is 6.02. The molecule has 1 fully saturated rings. The predicted octanol–water partition coefficient (Wildman–Crippen LogP) is 2.03. The van der Waals surface area contributed by atoms with Crippen LogP contribution in [0.2, 0.25) is 0 Å². The lowest BCUT2D eigenvalue weighted by atomic mass is 9.78. The maximum atomic E-state index is 12.0. The Bertz CT molecular complexity index is 314. The van der Waals surface area contributed by atoms with Crippen molar-refractivity contribution in [1.29, 1.82) is 0 Å². The number of thioether (sulfide) groups is 1. The van der Waals surface area contributed by atoms with Gasteiger partial charge in [-0.1, -0.05) is 13.8 Å². The second-order valence-electron chi connectivity index (χ2n) is 5.04. The molecule has 3 nitrogen and oxygen atoms in total. The van der Waals surface area contributed by atoms with Crippen LogP contribution in [-0.2, 0) is 4.79 Å². The van der Waals surface area contributed by atoms with E-state index in [1.165, 1.54) is 0 Å². The third kappa shape index (κ3) is 1.91. The lowest BCUT2D eigenvalue weighted by molar-refractivity contribution is -0.125. The van der Waals surface area contributed by atoms with Crippen LogP contribution in [0.25, 0.3) is 5.53 Å². The van der Waals surface area contributed by atoms with E-state index in [0.29, 0.717) is 5.71 Å². The summed E-state index contributed by atoms with van der Waals surface area (Å²) in [7, 11) is 0. The quantitative estimate of drug-likeness (QED) is 0.455. The number of hydrogen-bond acceptors (Lipinski definition) is 2. The fourth-order valence-electron chi connectivity index (χ4n) is 1.50. The first-order valence-electron chi connectivity index (χ1n) is 4.66. The molecule has 1 saturated heterocycles. The Morgan fingerprint density at radius 2 is 1.71 bits per heavy atom. The molecule has 0 N–H and O–H groups in total. The van der Waals surface area contributed by atoms with Gasteiger partial charge in [-0.3, -0.25) is 4.79 Å². The molecule has 78 valence electrons. The van der Waals surface area contributed by atoms with E-state index in [1.807, 2.05) is 27.7 Å². The summed E-state index contributed by atoms with van der Waals surface area (Å²) in [5, 5.41) is 0. The van der Waals surface area contributed by atoms with E-state index < -0.39 is 5.41 Å². The summed E-state index contributed by atoms with van der Waals surface area (Å²) in [5.41, 5.74) is 8.48. The highest BCUT2D eigenvalue weighted by molar-refractivity contribution is 7.99. The molecule has 0 aliphatic carbocycles. The molecule has 1 heterocycles. The van der Waals surface area contributed by atoms with Crippen LogP contribution in [0, 0.1) is 10.8 Å². The van der Waals surface area contributed by atoms with Crippen LogP contribution in [0.3, 0.4) is 0 Å². The third-order valence-electron chi connectivity index (χ3n) is 2.50. The van der Waals surface area contributed by atoms with Gasteiger partial charge in [0.25, 0.3) is 0 Å². The fourth-order valence-corrected chi connectivity index (χ4v) is 2.89. The first-order valence-corrected chi connectivity index (χ1v) is 5.82. The molecule has 0 amide bonds. The Kier molecular flexibility index (Phi) is 2.88. The lowest BCUT2D eigenvalue weighted by Crippen LogP contribution is -2.39. The zero-order valence-electron chi connectivity index (χ0n) is 9.13. The fraction of sp³-hybridized carbons (Fsp3) is 0.800. The average molecular weight is 212 g/mol. The first-order chi connectivity index (χ1) is 6.31. The van der Waals surface area contributed by atoms with E-state index in [1.54, 1.807) is 11.8 Å². The molecular weight excluding hydrogens is 196 g/mol. The van der Waals surface area contributed by atoms with Crippen LogP contribution in [0.15, 0.2) is 0 Å². The minimum Gasteiger partial charge on any atom is -0.361 e. The van der Waals surface area contributed by atoms with Crippen LogP contribution in [0.5, 0.6) is 0 Å². The van der Waals surface area contributed by atoms with Gasteiger partial charge in [0.15, 0.2) is 0 Å². The molecule has 0 aromatic heterocycles. The number of nitrogens with zero attached hydrogens (tertiary/aromatic N) is 2. The summed E-state index contributed by atoms with van der Waals surface area (Å²) in [6.07, 6.45) is 0. The van der Waals surface area contributed by atoms with Gasteiger partial charge in [0.1, 0.15) is 0 Å². The molecule has 0 atom stereocenters. The number of carbonyl (C=O) groups excluding carboxylic acids is 1. The first kappa shape index (κ1) is 11.5. The highest BCUT2D eigenvalue weighted by Crippen LogP contribution is 2.35. The molecule has 0 spiro atoms. The second kappa shape index (κ2) is 3.52. The number of hydrogen-bond donors (Lipinski definition) is 0. The van der Waals surface area contributed by atoms with Gasteiger partial charge in [-0.25, -0.2) is 0 Å². The number of ketones is 1. The van der Waals surface area contributed by atoms with Crippen molar-refractivity contribution in [3.63, 3.8) is 0 Å². The van der Waals surface area contributed by atoms with Gasteiger partial charge in [0, 0.05) is 16.9 Å². The van der Waals surface area contributed by atoms with E-state index in [0.717, 1.165) is 11.5 Å². The van der Waals surface area contributed by atoms with Gasteiger partial charge in [-0.15, -0.1) is 0 Å². The van der Waals surface area contributed by atoms with Crippen LogP contribution in [0.1, 0.15) is 27.7 Å². The minimum absolute atomic E-state index is 0.0324. The molecule has 0 radical (unpaired) electrons. The summed E-state index contributed by atoms with van der Waals surface area (Å²) in [5.74, 6) is 1.57. The summed E-state index contributed by atoms with van der Waals surface area (Å²) in [6.45, 7) is 7.67. The molecule has 4 heteroatoms. The van der Waals surface area contributed by atoms with Crippen molar-refractivity contribution in [2.24, 2.45) is 10.8 Å². The number of carbonyl (C=O) groups is 1. The lowest BCUT2D eigenvalue weighted by Gasteiger charge is -2.18. The van der Waals surface area contributed by atoms with Crippen molar-refractivity contribution in [3.05, 3.63) is 5.53 Å². The van der Waals surface area contributed by atoms with Crippen molar-refractivity contribution in [3.8, 4) is 0 Å². The molecule has 0 aromatic rings. The highest BCUT2D eigenvalue weighted by atomic mass is 32.2. The van der Waals surface area contributed by atoms with Gasteiger partial charge >= 0.3 is 5.71 Å². The van der Waals surface area contributed by atoms with Gasteiger partial charge in [-0.2, -0.15) is 16.6 Å². The monoisotopic (exact) mass is 212 g/mol. The minimum atomic E-state index is -0.417. The Balaban J connectivity index is 3.19. The smallest absolute Gasteiger partial charge is 0.341 e. The summed E-state index contributed by atoms with van der Waals surface area (Å²) in [6, 6.07) is 0. The van der Waals surface area contributed by atoms with Crippen molar-refractivity contribution in [2.75, 3.05) is 11.5 Å². The molecule has 0 bridgehead atoms. The average Bonchev–Trinajstić information content (AvgIpc) is 2.09. The van der Waals surface area contributed by atoms with Crippen LogP contribution >= 0.6 is 11.8 Å². The van der Waals surface area contributed by atoms with Crippen molar-refractivity contribution in [2.45, 2.75) is 27.7 Å². The zero-order chi connectivity index (χ0) is 11.0. The van der Waals surface area contributed by atoms with Gasteiger partial charge in [0.05, 0.1) is 5.41 Å². The van der Waals surface area contributed by atoms with Crippen molar-refractivity contribution in [1.82, 2.24) is 0 Å². The molecule has 1 aliphatic heterocycles. The molecule has 1 aliphatic rings. The maximum Gasteiger partial charge on any atom is 0.341 e. The Hall–Kier alpha value is -0.600. The topological polar surface area (TPSA) is 53.5 Å². The molecule has 0 saturated carbocycles. The summed E-state index contributed by atoms with van der Waals surface area (Å²) < 4.78 is 0. The molecular formula is C10H16N2OS. The van der Waals surface area contributed by atoms with E-state index in [4.69, 9.17) is 5.53 Å². The van der Waals surface area contributed by atoms with Gasteiger partial charge in [-0.05, 0) is 13.8 Å². The zero-order valence-corrected chi connectivity index (χ0v) is 9.94. The molecule has 1 rings (SSSR count). The number of Topliss-reactive ketones (excluding diaryl/α,β-unsaturated/α-hetero) is 1. The molecule has 14 heavy (non-hydrogen) atoms. The standard InChI is InChI=1S/C10H16N2OS/c1-9(2)5-14-6-10(3,4)8(13)7(9)12-11/h5-6H2,1-4H3. The maximum absolute atomic E-state index is 12.0. The Morgan fingerprint density at radius 1 is 1.21 bits per heavy atom. The normalized spacial score (nSPS) is 25.4.